The van der Waals surface area contributed by atoms with Crippen molar-refractivity contribution < 1.29 is 27.4 Å². The van der Waals surface area contributed by atoms with Gasteiger partial charge in [0.2, 0.25) is 0 Å². The van der Waals surface area contributed by atoms with Gasteiger partial charge in [0.25, 0.3) is 5.91 Å². The van der Waals surface area contributed by atoms with Gasteiger partial charge < -0.3 is 14.8 Å². The molecule has 0 saturated carbocycles. The summed E-state index contributed by atoms with van der Waals surface area (Å²) in [6.45, 7) is 2.38. The number of halogens is 4. The molecule has 0 heterocycles. The highest BCUT2D eigenvalue weighted by molar-refractivity contribution is 6.30. The van der Waals surface area contributed by atoms with Gasteiger partial charge in [-0.1, -0.05) is 17.7 Å². The largest absolute Gasteiger partial charge is 0.493 e. The summed E-state index contributed by atoms with van der Waals surface area (Å²) in [4.78, 5) is 12.6. The number of carbonyl (C=O) groups excluding carboxylic acids is 1. The number of hydrogen-bond donors (Lipinski definition) is 1. The zero-order valence-electron chi connectivity index (χ0n) is 16.5. The van der Waals surface area contributed by atoms with Crippen LogP contribution in [0.2, 0.25) is 5.02 Å². The smallest absolute Gasteiger partial charge is 0.416 e. The van der Waals surface area contributed by atoms with Crippen LogP contribution in [0.25, 0.3) is 0 Å². The third kappa shape index (κ3) is 6.15. The highest BCUT2D eigenvalue weighted by Crippen LogP contribution is 2.31. The average molecular weight is 450 g/mol. The molecule has 3 aromatic carbocycles. The number of rotatable bonds is 7. The molecule has 8 heteroatoms. The van der Waals surface area contributed by atoms with Crippen molar-refractivity contribution in [2.24, 2.45) is 0 Å². The molecule has 31 heavy (non-hydrogen) atoms. The maximum absolute atomic E-state index is 12.9. The summed E-state index contributed by atoms with van der Waals surface area (Å²) in [5, 5.41) is 3.07. The van der Waals surface area contributed by atoms with Gasteiger partial charge in [-0.3, -0.25) is 4.79 Å². The van der Waals surface area contributed by atoms with E-state index in [2.05, 4.69) is 5.32 Å². The van der Waals surface area contributed by atoms with Gasteiger partial charge in [-0.2, -0.15) is 13.2 Å². The molecule has 0 bridgehead atoms. The molecule has 4 nitrogen and oxygen atoms in total. The van der Waals surface area contributed by atoms with E-state index in [0.717, 1.165) is 12.1 Å². The molecule has 0 spiro atoms. The van der Waals surface area contributed by atoms with Crippen molar-refractivity contribution in [3.8, 4) is 11.5 Å². The maximum atomic E-state index is 12.9. The summed E-state index contributed by atoms with van der Waals surface area (Å²) in [6.07, 6.45) is -4.49. The van der Waals surface area contributed by atoms with Gasteiger partial charge in [0, 0.05) is 21.8 Å². The van der Waals surface area contributed by atoms with Crippen LogP contribution in [0.5, 0.6) is 11.5 Å². The van der Waals surface area contributed by atoms with Gasteiger partial charge in [0.1, 0.15) is 18.1 Å². The van der Waals surface area contributed by atoms with Gasteiger partial charge in [-0.15, -0.1) is 0 Å². The number of amides is 1. The van der Waals surface area contributed by atoms with Crippen molar-refractivity contribution in [3.05, 3.63) is 88.4 Å². The Bertz CT molecular complexity index is 1050. The number of carbonyl (C=O) groups is 1. The summed E-state index contributed by atoms with van der Waals surface area (Å²) < 4.78 is 50.0. The molecule has 0 atom stereocenters. The topological polar surface area (TPSA) is 47.6 Å². The first kappa shape index (κ1) is 22.5. The molecule has 3 rings (SSSR count). The van der Waals surface area contributed by atoms with Crippen LogP contribution >= 0.6 is 11.6 Å². The molecular weight excluding hydrogens is 431 g/mol. The monoisotopic (exact) mass is 449 g/mol. The molecule has 0 radical (unpaired) electrons. The Morgan fingerprint density at radius 1 is 1.00 bits per heavy atom. The second-order valence-electron chi connectivity index (χ2n) is 6.53. The highest BCUT2D eigenvalue weighted by Gasteiger charge is 2.30. The van der Waals surface area contributed by atoms with E-state index in [-0.39, 0.29) is 17.9 Å². The van der Waals surface area contributed by atoms with E-state index in [1.807, 2.05) is 6.92 Å². The number of hydrogen-bond acceptors (Lipinski definition) is 3. The van der Waals surface area contributed by atoms with Gasteiger partial charge in [-0.05, 0) is 67.6 Å². The van der Waals surface area contributed by atoms with Crippen LogP contribution in [0.1, 0.15) is 28.4 Å². The predicted octanol–water partition coefficient (Wildman–Crippen LogP) is 6.59. The molecule has 0 aromatic heterocycles. The lowest BCUT2D eigenvalue weighted by atomic mass is 10.1. The molecule has 3 aromatic rings. The molecule has 0 unspecified atom stereocenters. The summed E-state index contributed by atoms with van der Waals surface area (Å²) in [5.41, 5.74) is 0.0887. The van der Waals surface area contributed by atoms with Crippen LogP contribution in [0.4, 0.5) is 18.9 Å². The molecule has 0 aliphatic rings. The van der Waals surface area contributed by atoms with E-state index < -0.39 is 17.6 Å². The number of benzene rings is 3. The van der Waals surface area contributed by atoms with E-state index in [0.29, 0.717) is 28.7 Å². The van der Waals surface area contributed by atoms with Crippen molar-refractivity contribution in [3.63, 3.8) is 0 Å². The zero-order valence-corrected chi connectivity index (χ0v) is 17.3. The zero-order chi connectivity index (χ0) is 22.4. The number of alkyl halides is 3. The Labute approximate surface area is 182 Å². The molecule has 0 aliphatic carbocycles. The lowest BCUT2D eigenvalue weighted by Crippen LogP contribution is -2.14. The highest BCUT2D eigenvalue weighted by atomic mass is 35.5. The molecule has 0 fully saturated rings. The molecule has 0 saturated heterocycles. The SMILES string of the molecule is CCOc1ccc(C(=O)Nc2cccc(C(F)(F)F)c2)cc1COc1ccc(Cl)cc1. The fourth-order valence-corrected chi connectivity index (χ4v) is 2.92. The summed E-state index contributed by atoms with van der Waals surface area (Å²) >= 11 is 5.87. The Morgan fingerprint density at radius 2 is 1.74 bits per heavy atom. The van der Waals surface area contributed by atoms with Crippen molar-refractivity contribution >= 4 is 23.2 Å². The second kappa shape index (κ2) is 9.75. The number of anilines is 1. The van der Waals surface area contributed by atoms with Crippen molar-refractivity contribution in [2.45, 2.75) is 19.7 Å². The van der Waals surface area contributed by atoms with Gasteiger partial charge in [0.05, 0.1) is 12.2 Å². The molecular formula is C23H19ClF3NO3. The van der Waals surface area contributed by atoms with E-state index in [1.54, 1.807) is 42.5 Å². The minimum absolute atomic E-state index is 0.0488. The average Bonchev–Trinajstić information content (AvgIpc) is 2.74. The van der Waals surface area contributed by atoms with Crippen LogP contribution in [-0.4, -0.2) is 12.5 Å². The van der Waals surface area contributed by atoms with Gasteiger partial charge >= 0.3 is 6.18 Å². The van der Waals surface area contributed by atoms with Gasteiger partial charge in [-0.25, -0.2) is 0 Å². The van der Waals surface area contributed by atoms with Crippen LogP contribution in [0.15, 0.2) is 66.7 Å². The van der Waals surface area contributed by atoms with E-state index in [4.69, 9.17) is 21.1 Å². The minimum atomic E-state index is -4.49. The van der Waals surface area contributed by atoms with Crippen LogP contribution < -0.4 is 14.8 Å². The van der Waals surface area contributed by atoms with Crippen molar-refractivity contribution in [1.82, 2.24) is 0 Å². The Kier molecular flexibility index (Phi) is 7.07. The van der Waals surface area contributed by atoms with Crippen molar-refractivity contribution in [2.75, 3.05) is 11.9 Å². The summed E-state index contributed by atoms with van der Waals surface area (Å²) in [6, 6.07) is 16.0. The van der Waals surface area contributed by atoms with E-state index in [1.165, 1.54) is 12.1 Å². The minimum Gasteiger partial charge on any atom is -0.493 e. The normalized spacial score (nSPS) is 11.1. The number of nitrogens with one attached hydrogen (secondary N) is 1. The Balaban J connectivity index is 1.78. The molecule has 1 N–H and O–H groups in total. The van der Waals surface area contributed by atoms with E-state index >= 15 is 0 Å². The van der Waals surface area contributed by atoms with Crippen LogP contribution in [0.3, 0.4) is 0 Å². The molecule has 162 valence electrons. The fourth-order valence-electron chi connectivity index (χ4n) is 2.80. The summed E-state index contributed by atoms with van der Waals surface area (Å²) in [7, 11) is 0. The lowest BCUT2D eigenvalue weighted by molar-refractivity contribution is -0.137. The lowest BCUT2D eigenvalue weighted by Gasteiger charge is -2.14. The van der Waals surface area contributed by atoms with E-state index in [9.17, 15) is 18.0 Å². The quantitative estimate of drug-likeness (QED) is 0.442. The van der Waals surface area contributed by atoms with Crippen molar-refractivity contribution in [1.29, 1.82) is 0 Å². The number of ether oxygens (including phenoxy) is 2. The first-order chi connectivity index (χ1) is 14.8. The third-order valence-electron chi connectivity index (χ3n) is 4.28. The maximum Gasteiger partial charge on any atom is 0.416 e. The second-order valence-corrected chi connectivity index (χ2v) is 6.97. The molecule has 0 aliphatic heterocycles. The first-order valence-electron chi connectivity index (χ1n) is 9.39. The van der Waals surface area contributed by atoms with Crippen LogP contribution in [-0.2, 0) is 12.8 Å². The third-order valence-corrected chi connectivity index (χ3v) is 4.53. The summed E-state index contributed by atoms with van der Waals surface area (Å²) in [5.74, 6) is 0.591. The fraction of sp³-hybridized carbons (Fsp3) is 0.174. The van der Waals surface area contributed by atoms with Crippen LogP contribution in [0, 0.1) is 0 Å². The predicted molar refractivity (Wildman–Crippen MR) is 113 cm³/mol. The Morgan fingerprint density at radius 3 is 2.42 bits per heavy atom. The Hall–Kier alpha value is -3.19. The first-order valence-corrected chi connectivity index (χ1v) is 9.77. The standard InChI is InChI=1S/C23H19ClF3NO3/c1-2-30-21-11-6-15(12-16(21)14-31-20-9-7-18(24)8-10-20)22(29)28-19-5-3-4-17(13-19)23(25,26)27/h3-13H,2,14H2,1H3,(H,28,29). The molecule has 1 amide bonds. The van der Waals surface area contributed by atoms with Gasteiger partial charge in [0.15, 0.2) is 0 Å².